The van der Waals surface area contributed by atoms with Crippen LogP contribution in [0.25, 0.3) is 0 Å². The highest BCUT2D eigenvalue weighted by Gasteiger charge is 2.20. The van der Waals surface area contributed by atoms with Crippen molar-refractivity contribution >= 4 is 0 Å². The predicted octanol–water partition coefficient (Wildman–Crippen LogP) is 3.61. The van der Waals surface area contributed by atoms with Crippen molar-refractivity contribution < 1.29 is 4.74 Å². The Kier molecular flexibility index (Phi) is 4.64. The molecule has 1 aliphatic carbocycles. The van der Waals surface area contributed by atoms with Gasteiger partial charge in [0.1, 0.15) is 0 Å². The van der Waals surface area contributed by atoms with Crippen LogP contribution in [0.1, 0.15) is 37.2 Å². The molecule has 1 aliphatic rings. The van der Waals surface area contributed by atoms with Crippen molar-refractivity contribution in [1.29, 1.82) is 0 Å². The normalized spacial score (nSPS) is 16.4. The fraction of sp³-hybridized carbons (Fsp3) is 0.500. The summed E-state index contributed by atoms with van der Waals surface area (Å²) >= 11 is 0. The third-order valence-corrected chi connectivity index (χ3v) is 3.24. The molecular formula is C16H20O. The van der Waals surface area contributed by atoms with Crippen molar-refractivity contribution in [2.75, 3.05) is 13.2 Å². The Morgan fingerprint density at radius 2 is 2.06 bits per heavy atom. The first-order valence-corrected chi connectivity index (χ1v) is 6.49. The van der Waals surface area contributed by atoms with Crippen LogP contribution in [-0.4, -0.2) is 13.2 Å². The summed E-state index contributed by atoms with van der Waals surface area (Å²) in [6, 6.07) is 10.3. The van der Waals surface area contributed by atoms with Crippen LogP contribution in [0.2, 0.25) is 0 Å². The molecule has 0 bridgehead atoms. The first kappa shape index (κ1) is 12.2. The second-order valence-corrected chi connectivity index (χ2v) is 4.79. The lowest BCUT2D eigenvalue weighted by atomic mass is 9.95. The zero-order valence-corrected chi connectivity index (χ0v) is 10.3. The zero-order chi connectivity index (χ0) is 11.9. The molecule has 1 nitrogen and oxygen atoms in total. The molecule has 1 saturated carbocycles. The van der Waals surface area contributed by atoms with E-state index < -0.39 is 0 Å². The molecule has 0 heterocycles. The molecule has 0 amide bonds. The molecular weight excluding hydrogens is 208 g/mol. The Morgan fingerprint density at radius 3 is 2.71 bits per heavy atom. The molecule has 0 aliphatic heterocycles. The van der Waals surface area contributed by atoms with E-state index in [1.54, 1.807) is 0 Å². The van der Waals surface area contributed by atoms with Crippen molar-refractivity contribution in [2.45, 2.75) is 31.6 Å². The third-order valence-electron chi connectivity index (χ3n) is 3.24. The molecule has 0 saturated heterocycles. The maximum atomic E-state index is 5.62. The minimum atomic E-state index is 0.237. The number of ether oxygens (including phenoxy) is 1. The van der Waals surface area contributed by atoms with Gasteiger partial charge in [-0.05, 0) is 37.2 Å². The molecule has 0 spiro atoms. The average molecular weight is 228 g/mol. The van der Waals surface area contributed by atoms with Crippen molar-refractivity contribution in [3.8, 4) is 12.3 Å². The minimum absolute atomic E-state index is 0.237. The number of benzene rings is 1. The lowest BCUT2D eigenvalue weighted by Crippen LogP contribution is -2.02. The van der Waals surface area contributed by atoms with E-state index in [0.29, 0.717) is 0 Å². The van der Waals surface area contributed by atoms with Crippen LogP contribution in [-0.2, 0) is 4.74 Å². The highest BCUT2D eigenvalue weighted by molar-refractivity contribution is 5.26. The smallest absolute Gasteiger partial charge is 0.0494 e. The summed E-state index contributed by atoms with van der Waals surface area (Å²) in [5, 5.41) is 0. The van der Waals surface area contributed by atoms with Crippen LogP contribution in [0.3, 0.4) is 0 Å². The van der Waals surface area contributed by atoms with Gasteiger partial charge in [0.15, 0.2) is 0 Å². The standard InChI is InChI=1S/C16H20O/c1-2-15(16-7-4-3-5-8-16)9-6-12-17-13-14-10-11-14/h1,3-5,7-8,14-15H,6,9-13H2. The molecule has 1 aromatic rings. The lowest BCUT2D eigenvalue weighted by Gasteiger charge is -2.10. The molecule has 1 atom stereocenters. The number of rotatable bonds is 7. The minimum Gasteiger partial charge on any atom is -0.381 e. The lowest BCUT2D eigenvalue weighted by molar-refractivity contribution is 0.120. The fourth-order valence-corrected chi connectivity index (χ4v) is 1.96. The molecule has 1 unspecified atom stereocenters. The van der Waals surface area contributed by atoms with Crippen LogP contribution in [0, 0.1) is 18.3 Å². The fourth-order valence-electron chi connectivity index (χ4n) is 1.96. The summed E-state index contributed by atoms with van der Waals surface area (Å²) in [5.74, 6) is 3.97. The summed E-state index contributed by atoms with van der Waals surface area (Å²) < 4.78 is 5.62. The van der Waals surface area contributed by atoms with Crippen LogP contribution < -0.4 is 0 Å². The van der Waals surface area contributed by atoms with Gasteiger partial charge in [-0.25, -0.2) is 0 Å². The van der Waals surface area contributed by atoms with E-state index >= 15 is 0 Å². The maximum absolute atomic E-state index is 5.62. The Bertz CT molecular complexity index is 359. The van der Waals surface area contributed by atoms with Gasteiger partial charge in [-0.3, -0.25) is 0 Å². The van der Waals surface area contributed by atoms with Gasteiger partial charge in [0.05, 0.1) is 0 Å². The number of hydrogen-bond donors (Lipinski definition) is 0. The van der Waals surface area contributed by atoms with Crippen LogP contribution in [0.5, 0.6) is 0 Å². The van der Waals surface area contributed by atoms with E-state index in [1.165, 1.54) is 18.4 Å². The van der Waals surface area contributed by atoms with Gasteiger partial charge in [0.25, 0.3) is 0 Å². The van der Waals surface area contributed by atoms with Crippen molar-refractivity contribution in [3.63, 3.8) is 0 Å². The van der Waals surface area contributed by atoms with Crippen LogP contribution >= 0.6 is 0 Å². The molecule has 17 heavy (non-hydrogen) atoms. The van der Waals surface area contributed by atoms with E-state index in [0.717, 1.165) is 32.0 Å². The second kappa shape index (κ2) is 6.47. The monoisotopic (exact) mass is 228 g/mol. The van der Waals surface area contributed by atoms with Crippen LogP contribution in [0.4, 0.5) is 0 Å². The third kappa shape index (κ3) is 4.24. The van der Waals surface area contributed by atoms with Gasteiger partial charge in [0.2, 0.25) is 0 Å². The molecule has 1 aromatic carbocycles. The van der Waals surface area contributed by atoms with Gasteiger partial charge in [-0.1, -0.05) is 36.3 Å². The molecule has 90 valence electrons. The summed E-state index contributed by atoms with van der Waals surface area (Å²) in [5.41, 5.74) is 1.25. The van der Waals surface area contributed by atoms with Crippen LogP contribution in [0.15, 0.2) is 30.3 Å². The maximum Gasteiger partial charge on any atom is 0.0494 e. The largest absolute Gasteiger partial charge is 0.381 e. The average Bonchev–Trinajstić information content (AvgIpc) is 3.19. The Labute approximate surface area is 104 Å². The molecule has 2 rings (SSSR count). The zero-order valence-electron chi connectivity index (χ0n) is 10.3. The van der Waals surface area contributed by atoms with Gasteiger partial charge >= 0.3 is 0 Å². The topological polar surface area (TPSA) is 9.23 Å². The van der Waals surface area contributed by atoms with E-state index in [1.807, 2.05) is 18.2 Å². The second-order valence-electron chi connectivity index (χ2n) is 4.79. The SMILES string of the molecule is C#CC(CCCOCC1CC1)c1ccccc1. The van der Waals surface area contributed by atoms with Gasteiger partial charge in [0, 0.05) is 19.1 Å². The summed E-state index contributed by atoms with van der Waals surface area (Å²) in [6.45, 7) is 1.80. The Morgan fingerprint density at radius 1 is 1.29 bits per heavy atom. The molecule has 1 fully saturated rings. The molecule has 1 heteroatoms. The first-order chi connectivity index (χ1) is 8.40. The van der Waals surface area contributed by atoms with E-state index in [4.69, 9.17) is 11.2 Å². The van der Waals surface area contributed by atoms with Crippen molar-refractivity contribution in [3.05, 3.63) is 35.9 Å². The quantitative estimate of drug-likeness (QED) is 0.511. The first-order valence-electron chi connectivity index (χ1n) is 6.49. The number of hydrogen-bond acceptors (Lipinski definition) is 1. The molecule has 0 radical (unpaired) electrons. The van der Waals surface area contributed by atoms with E-state index in [9.17, 15) is 0 Å². The predicted molar refractivity (Wildman–Crippen MR) is 70.8 cm³/mol. The number of terminal acetylenes is 1. The summed E-state index contributed by atoms with van der Waals surface area (Å²) in [7, 11) is 0. The highest BCUT2D eigenvalue weighted by atomic mass is 16.5. The Hall–Kier alpha value is -1.26. The molecule has 0 N–H and O–H groups in total. The van der Waals surface area contributed by atoms with Crippen molar-refractivity contribution in [2.24, 2.45) is 5.92 Å². The highest BCUT2D eigenvalue weighted by Crippen LogP contribution is 2.29. The van der Waals surface area contributed by atoms with Gasteiger partial charge in [-0.2, -0.15) is 0 Å². The Balaban J connectivity index is 1.67. The summed E-state index contributed by atoms with van der Waals surface area (Å²) in [6.07, 6.45) is 10.4. The van der Waals surface area contributed by atoms with Crippen molar-refractivity contribution in [1.82, 2.24) is 0 Å². The van der Waals surface area contributed by atoms with E-state index in [-0.39, 0.29) is 5.92 Å². The van der Waals surface area contributed by atoms with Gasteiger partial charge in [-0.15, -0.1) is 6.42 Å². The molecule has 0 aromatic heterocycles. The summed E-state index contributed by atoms with van der Waals surface area (Å²) in [4.78, 5) is 0. The van der Waals surface area contributed by atoms with Gasteiger partial charge < -0.3 is 4.74 Å². The van der Waals surface area contributed by atoms with E-state index in [2.05, 4.69) is 18.1 Å².